The molecule has 7 heteroatoms. The number of hydrogen-bond donors (Lipinski definition) is 1. The molecule has 0 fully saturated rings. The number of hydrogen-bond acceptors (Lipinski definition) is 5. The van der Waals surface area contributed by atoms with Crippen LogP contribution in [0.5, 0.6) is 0 Å². The van der Waals surface area contributed by atoms with E-state index in [4.69, 9.17) is 14.9 Å². The number of furan rings is 1. The molecule has 2 N–H and O–H groups in total. The zero-order valence-corrected chi connectivity index (χ0v) is 12.9. The molecule has 0 bridgehead atoms. The summed E-state index contributed by atoms with van der Waals surface area (Å²) in [6.45, 7) is 5.58. The van der Waals surface area contributed by atoms with E-state index in [9.17, 15) is 8.42 Å². The standard InChI is InChI=1S/C12H22N2O4S/c1-8(7-17-5)14(4)19(15,16)12-10(3)18-9(2)11(12)6-13/h8H,6-7,13H2,1-5H3. The molecule has 1 atom stereocenters. The molecule has 0 saturated heterocycles. The molecule has 0 spiro atoms. The molecule has 110 valence electrons. The summed E-state index contributed by atoms with van der Waals surface area (Å²) in [6, 6.07) is -0.268. The van der Waals surface area contributed by atoms with E-state index in [0.29, 0.717) is 23.7 Å². The van der Waals surface area contributed by atoms with Gasteiger partial charge in [0.1, 0.15) is 16.4 Å². The molecule has 0 aliphatic rings. The summed E-state index contributed by atoms with van der Waals surface area (Å²) in [5.41, 5.74) is 6.16. The molecule has 0 aromatic carbocycles. The second kappa shape index (κ2) is 6.04. The molecule has 0 aliphatic carbocycles. The Bertz CT molecular complexity index is 536. The van der Waals surface area contributed by atoms with E-state index >= 15 is 0 Å². The Morgan fingerprint density at radius 2 is 1.95 bits per heavy atom. The van der Waals surface area contributed by atoms with Gasteiger partial charge >= 0.3 is 0 Å². The van der Waals surface area contributed by atoms with Crippen molar-refractivity contribution in [3.8, 4) is 0 Å². The van der Waals surface area contributed by atoms with Crippen molar-refractivity contribution in [1.82, 2.24) is 4.31 Å². The Kier molecular flexibility index (Phi) is 5.14. The molecule has 1 aromatic heterocycles. The van der Waals surface area contributed by atoms with Crippen LogP contribution in [0.3, 0.4) is 0 Å². The van der Waals surface area contributed by atoms with E-state index in [2.05, 4.69) is 0 Å². The summed E-state index contributed by atoms with van der Waals surface area (Å²) in [5, 5.41) is 0. The van der Waals surface area contributed by atoms with Crippen molar-refractivity contribution in [3.63, 3.8) is 0 Å². The topological polar surface area (TPSA) is 85.8 Å². The highest BCUT2D eigenvalue weighted by Gasteiger charge is 2.32. The second-order valence-electron chi connectivity index (χ2n) is 4.55. The predicted octanol–water partition coefficient (Wildman–Crippen LogP) is 1.01. The summed E-state index contributed by atoms with van der Waals surface area (Å²) in [5.74, 6) is 0.917. The lowest BCUT2D eigenvalue weighted by Crippen LogP contribution is -2.38. The number of likely N-dealkylation sites (N-methyl/N-ethyl adjacent to an activating group) is 1. The molecule has 0 saturated carbocycles. The van der Waals surface area contributed by atoms with E-state index in [0.717, 1.165) is 0 Å². The van der Waals surface area contributed by atoms with Crippen molar-refractivity contribution < 1.29 is 17.6 Å². The lowest BCUT2D eigenvalue weighted by atomic mass is 10.2. The van der Waals surface area contributed by atoms with Gasteiger partial charge in [-0.05, 0) is 20.8 Å². The minimum atomic E-state index is -3.63. The molecule has 1 rings (SSSR count). The van der Waals surface area contributed by atoms with Crippen molar-refractivity contribution in [2.24, 2.45) is 5.73 Å². The van der Waals surface area contributed by atoms with Crippen molar-refractivity contribution >= 4 is 10.0 Å². The maximum absolute atomic E-state index is 12.6. The Morgan fingerprint density at radius 3 is 2.42 bits per heavy atom. The molecule has 0 radical (unpaired) electrons. The lowest BCUT2D eigenvalue weighted by molar-refractivity contribution is 0.149. The summed E-state index contributed by atoms with van der Waals surface area (Å²) in [4.78, 5) is 0.179. The number of aryl methyl sites for hydroxylation is 2. The fourth-order valence-corrected chi connectivity index (χ4v) is 3.78. The van der Waals surface area contributed by atoms with Crippen LogP contribution in [0.1, 0.15) is 24.0 Å². The smallest absolute Gasteiger partial charge is 0.246 e. The third-order valence-corrected chi connectivity index (χ3v) is 5.36. The molecule has 1 heterocycles. The third kappa shape index (κ3) is 3.00. The molecule has 0 aliphatic heterocycles. The van der Waals surface area contributed by atoms with Crippen LogP contribution in [0.25, 0.3) is 0 Å². The first kappa shape index (κ1) is 16.2. The molecule has 19 heavy (non-hydrogen) atoms. The van der Waals surface area contributed by atoms with Crippen LogP contribution < -0.4 is 5.73 Å². The zero-order valence-electron chi connectivity index (χ0n) is 12.1. The number of ether oxygens (including phenoxy) is 1. The first-order chi connectivity index (χ1) is 8.77. The van der Waals surface area contributed by atoms with E-state index < -0.39 is 10.0 Å². The number of sulfonamides is 1. The molecular formula is C12H22N2O4S. The molecule has 6 nitrogen and oxygen atoms in total. The van der Waals surface area contributed by atoms with Crippen molar-refractivity contribution in [2.45, 2.75) is 38.3 Å². The van der Waals surface area contributed by atoms with Crippen LogP contribution in [0, 0.1) is 13.8 Å². The predicted molar refractivity (Wildman–Crippen MR) is 72.4 cm³/mol. The SMILES string of the molecule is COCC(C)N(C)S(=O)(=O)c1c(C)oc(C)c1CN. The Balaban J connectivity index is 3.28. The summed E-state index contributed by atoms with van der Waals surface area (Å²) >= 11 is 0. The van der Waals surface area contributed by atoms with Gasteiger partial charge in [0.25, 0.3) is 0 Å². The van der Waals surface area contributed by atoms with Crippen LogP contribution in [-0.4, -0.2) is 39.5 Å². The Hall–Kier alpha value is -0.890. The van der Waals surface area contributed by atoms with E-state index in [1.54, 1.807) is 20.8 Å². The third-order valence-electron chi connectivity index (χ3n) is 3.19. The highest BCUT2D eigenvalue weighted by Crippen LogP contribution is 2.29. The van der Waals surface area contributed by atoms with Gasteiger partial charge in [-0.2, -0.15) is 4.31 Å². The van der Waals surface area contributed by atoms with Gasteiger partial charge in [0.05, 0.1) is 6.61 Å². The summed E-state index contributed by atoms with van der Waals surface area (Å²) < 4.78 is 36.9. The highest BCUT2D eigenvalue weighted by atomic mass is 32.2. The Labute approximate surface area is 114 Å². The van der Waals surface area contributed by atoms with Gasteiger partial charge in [-0.25, -0.2) is 8.42 Å². The van der Waals surface area contributed by atoms with Gasteiger partial charge in [0.15, 0.2) is 0 Å². The molecule has 1 unspecified atom stereocenters. The van der Waals surface area contributed by atoms with E-state index in [-0.39, 0.29) is 17.5 Å². The quantitative estimate of drug-likeness (QED) is 0.845. The number of rotatable bonds is 6. The van der Waals surface area contributed by atoms with Crippen LogP contribution in [-0.2, 0) is 21.3 Å². The minimum absolute atomic E-state index is 0.129. The van der Waals surface area contributed by atoms with Gasteiger partial charge < -0.3 is 14.9 Å². The fraction of sp³-hybridized carbons (Fsp3) is 0.667. The van der Waals surface area contributed by atoms with Crippen molar-refractivity contribution in [3.05, 3.63) is 17.1 Å². The molecular weight excluding hydrogens is 268 g/mol. The largest absolute Gasteiger partial charge is 0.465 e. The van der Waals surface area contributed by atoms with Crippen molar-refractivity contribution in [2.75, 3.05) is 20.8 Å². The van der Waals surface area contributed by atoms with Crippen LogP contribution in [0.4, 0.5) is 0 Å². The monoisotopic (exact) mass is 290 g/mol. The van der Waals surface area contributed by atoms with Crippen LogP contribution in [0.2, 0.25) is 0 Å². The average Bonchev–Trinajstić information content (AvgIpc) is 2.63. The van der Waals surface area contributed by atoms with Crippen LogP contribution >= 0.6 is 0 Å². The zero-order chi connectivity index (χ0) is 14.8. The average molecular weight is 290 g/mol. The lowest BCUT2D eigenvalue weighted by Gasteiger charge is -2.23. The van der Waals surface area contributed by atoms with Gasteiger partial charge in [-0.15, -0.1) is 0 Å². The second-order valence-corrected chi connectivity index (χ2v) is 6.49. The van der Waals surface area contributed by atoms with E-state index in [1.165, 1.54) is 18.5 Å². The first-order valence-corrected chi connectivity index (χ1v) is 7.47. The van der Waals surface area contributed by atoms with Crippen LogP contribution in [0.15, 0.2) is 9.31 Å². The molecule has 1 aromatic rings. The maximum Gasteiger partial charge on any atom is 0.246 e. The Morgan fingerprint density at radius 1 is 1.37 bits per heavy atom. The maximum atomic E-state index is 12.6. The van der Waals surface area contributed by atoms with Gasteiger partial charge in [-0.1, -0.05) is 0 Å². The number of nitrogens with two attached hydrogens (primary N) is 1. The summed E-state index contributed by atoms with van der Waals surface area (Å²) in [6.07, 6.45) is 0. The first-order valence-electron chi connectivity index (χ1n) is 6.03. The van der Waals surface area contributed by atoms with Gasteiger partial charge in [0, 0.05) is 32.3 Å². The molecule has 0 amide bonds. The van der Waals surface area contributed by atoms with Gasteiger partial charge in [-0.3, -0.25) is 0 Å². The number of nitrogens with zero attached hydrogens (tertiary/aromatic N) is 1. The number of methoxy groups -OCH3 is 1. The normalized spacial score (nSPS) is 14.1. The highest BCUT2D eigenvalue weighted by molar-refractivity contribution is 7.89. The van der Waals surface area contributed by atoms with Gasteiger partial charge in [0.2, 0.25) is 10.0 Å². The summed E-state index contributed by atoms with van der Waals surface area (Å²) in [7, 11) is -0.567. The fourth-order valence-electron chi connectivity index (χ4n) is 2.01. The van der Waals surface area contributed by atoms with E-state index in [1.807, 2.05) is 0 Å². The minimum Gasteiger partial charge on any atom is -0.465 e. The van der Waals surface area contributed by atoms with Crippen molar-refractivity contribution in [1.29, 1.82) is 0 Å².